The summed E-state index contributed by atoms with van der Waals surface area (Å²) in [5, 5.41) is 0.768. The van der Waals surface area contributed by atoms with E-state index in [-0.39, 0.29) is 0 Å². The lowest BCUT2D eigenvalue weighted by molar-refractivity contribution is -0.133. The Labute approximate surface area is 109 Å². The van der Waals surface area contributed by atoms with Crippen LogP contribution in [0.4, 0.5) is 0 Å². The van der Waals surface area contributed by atoms with Gasteiger partial charge < -0.3 is 13.3 Å². The number of rotatable bonds is 7. The normalized spacial score (nSPS) is 11.0. The molecule has 1 aromatic rings. The summed E-state index contributed by atoms with van der Waals surface area (Å²) in [6.07, 6.45) is 1.11. The van der Waals surface area contributed by atoms with Crippen LogP contribution in [0.3, 0.4) is 0 Å². The Balaban J connectivity index is 3.11. The molecule has 0 bridgehead atoms. The van der Waals surface area contributed by atoms with Crippen molar-refractivity contribution in [2.45, 2.75) is 13.8 Å². The molecule has 0 fully saturated rings. The van der Waals surface area contributed by atoms with E-state index in [1.54, 1.807) is 0 Å². The van der Waals surface area contributed by atoms with Gasteiger partial charge in [-0.2, -0.15) is 0 Å². The summed E-state index contributed by atoms with van der Waals surface area (Å²) < 4.78 is 16.7. The van der Waals surface area contributed by atoms with Gasteiger partial charge in [0.15, 0.2) is 0 Å². The zero-order chi connectivity index (χ0) is 13.4. The molecule has 0 saturated heterocycles. The molecule has 0 N–H and O–H groups in total. The van der Waals surface area contributed by atoms with E-state index in [0.29, 0.717) is 13.2 Å². The van der Waals surface area contributed by atoms with Crippen molar-refractivity contribution in [2.75, 3.05) is 13.2 Å². The summed E-state index contributed by atoms with van der Waals surface area (Å²) in [6, 6.07) is 9.28. The molecule has 98 valence electrons. The second-order valence-electron chi connectivity index (χ2n) is 3.41. The first-order valence-corrected chi connectivity index (χ1v) is 7.59. The number of carbonyl (C=O) groups is 1. The van der Waals surface area contributed by atoms with E-state index in [1.165, 1.54) is 0 Å². The van der Waals surface area contributed by atoms with Crippen molar-refractivity contribution in [2.24, 2.45) is 0 Å². The second kappa shape index (κ2) is 7.10. The smallest absolute Gasteiger partial charge is 0.467 e. The van der Waals surface area contributed by atoms with Gasteiger partial charge in [0.05, 0.1) is 0 Å². The molecule has 1 rings (SSSR count). The Morgan fingerprint density at radius 1 is 1.22 bits per heavy atom. The fourth-order valence-electron chi connectivity index (χ4n) is 1.52. The zero-order valence-corrected chi connectivity index (χ0v) is 11.7. The van der Waals surface area contributed by atoms with E-state index >= 15 is 0 Å². The van der Waals surface area contributed by atoms with Gasteiger partial charge in [0.1, 0.15) is 0 Å². The van der Waals surface area contributed by atoms with Crippen molar-refractivity contribution < 1.29 is 18.1 Å². The Morgan fingerprint density at radius 3 is 2.22 bits per heavy atom. The molecule has 0 aliphatic rings. The van der Waals surface area contributed by atoms with Crippen LogP contribution in [-0.4, -0.2) is 28.0 Å². The van der Waals surface area contributed by atoms with Crippen molar-refractivity contribution in [3.8, 4) is 0 Å². The van der Waals surface area contributed by atoms with Crippen LogP contribution in [0.2, 0.25) is 0 Å². The lowest BCUT2D eigenvalue weighted by Gasteiger charge is -2.27. The number of benzene rings is 1. The van der Waals surface area contributed by atoms with Gasteiger partial charge in [-0.1, -0.05) is 36.9 Å². The van der Waals surface area contributed by atoms with Gasteiger partial charge in [-0.25, -0.2) is 4.79 Å². The third kappa shape index (κ3) is 3.53. The monoisotopic (exact) mass is 266 g/mol. The van der Waals surface area contributed by atoms with E-state index in [0.717, 1.165) is 11.3 Å². The summed E-state index contributed by atoms with van der Waals surface area (Å²) in [6.45, 7) is 7.89. The summed E-state index contributed by atoms with van der Waals surface area (Å²) in [7, 11) is -3.18. The average Bonchev–Trinajstić information content (AvgIpc) is 2.40. The predicted octanol–water partition coefficient (Wildman–Crippen LogP) is 1.63. The molecule has 0 aliphatic carbocycles. The Bertz CT molecular complexity index is 385. The Kier molecular flexibility index (Phi) is 5.77. The standard InChI is InChI=1S/C13H18O4Si/c1-4-13(14)17-18(15-5-2,16-6-3)12-10-8-7-9-11-12/h4,7-11H,1,5-6H2,2-3H3. The molecule has 0 aliphatic heterocycles. The van der Waals surface area contributed by atoms with Crippen LogP contribution in [0.1, 0.15) is 13.8 Å². The van der Waals surface area contributed by atoms with Gasteiger partial charge in [-0.3, -0.25) is 0 Å². The molecule has 4 nitrogen and oxygen atoms in total. The Hall–Kier alpha value is -1.43. The minimum atomic E-state index is -3.18. The van der Waals surface area contributed by atoms with Gasteiger partial charge >= 0.3 is 14.8 Å². The van der Waals surface area contributed by atoms with E-state index in [2.05, 4.69) is 6.58 Å². The first kappa shape index (κ1) is 14.6. The average molecular weight is 266 g/mol. The van der Waals surface area contributed by atoms with Gasteiger partial charge in [0.2, 0.25) is 0 Å². The fourth-order valence-corrected chi connectivity index (χ4v) is 3.88. The molecule has 0 unspecified atom stereocenters. The molecule has 18 heavy (non-hydrogen) atoms. The van der Waals surface area contributed by atoms with Gasteiger partial charge in [0.25, 0.3) is 0 Å². The second-order valence-corrected chi connectivity index (χ2v) is 5.88. The maximum absolute atomic E-state index is 11.5. The van der Waals surface area contributed by atoms with Crippen molar-refractivity contribution >= 4 is 20.0 Å². The fraction of sp³-hybridized carbons (Fsp3) is 0.308. The van der Waals surface area contributed by atoms with E-state index < -0.39 is 14.8 Å². The lowest BCUT2D eigenvalue weighted by Crippen LogP contribution is -2.57. The lowest BCUT2D eigenvalue weighted by atomic mass is 10.4. The van der Waals surface area contributed by atoms with Gasteiger partial charge in [-0.15, -0.1) is 0 Å². The van der Waals surface area contributed by atoms with Crippen molar-refractivity contribution in [3.05, 3.63) is 43.0 Å². The topological polar surface area (TPSA) is 44.8 Å². The highest BCUT2D eigenvalue weighted by molar-refractivity contribution is 6.76. The van der Waals surface area contributed by atoms with Crippen LogP contribution in [0.25, 0.3) is 0 Å². The number of carbonyl (C=O) groups excluding carboxylic acids is 1. The first-order chi connectivity index (χ1) is 8.68. The zero-order valence-electron chi connectivity index (χ0n) is 10.7. The maximum atomic E-state index is 11.5. The third-order valence-electron chi connectivity index (χ3n) is 2.20. The van der Waals surface area contributed by atoms with Crippen molar-refractivity contribution in [1.82, 2.24) is 0 Å². The maximum Gasteiger partial charge on any atom is 0.604 e. The van der Waals surface area contributed by atoms with E-state index in [9.17, 15) is 4.79 Å². The van der Waals surface area contributed by atoms with E-state index in [4.69, 9.17) is 13.3 Å². The molecule has 0 saturated carbocycles. The quantitative estimate of drug-likeness (QED) is 0.556. The largest absolute Gasteiger partial charge is 0.604 e. The van der Waals surface area contributed by atoms with Crippen molar-refractivity contribution in [1.29, 1.82) is 0 Å². The van der Waals surface area contributed by atoms with Crippen LogP contribution in [-0.2, 0) is 18.1 Å². The molecule has 0 heterocycles. The highest BCUT2D eigenvalue weighted by Gasteiger charge is 2.47. The Morgan fingerprint density at radius 2 is 1.78 bits per heavy atom. The molecular formula is C13H18O4Si. The molecular weight excluding hydrogens is 248 g/mol. The third-order valence-corrected chi connectivity index (χ3v) is 5.05. The summed E-state index contributed by atoms with van der Waals surface area (Å²) >= 11 is 0. The van der Waals surface area contributed by atoms with Crippen LogP contribution in [0, 0.1) is 0 Å². The van der Waals surface area contributed by atoms with Crippen LogP contribution in [0.15, 0.2) is 43.0 Å². The molecule has 0 atom stereocenters. The summed E-state index contributed by atoms with van der Waals surface area (Å²) in [5.41, 5.74) is 0. The molecule has 0 spiro atoms. The van der Waals surface area contributed by atoms with Crippen LogP contribution in [0.5, 0.6) is 0 Å². The van der Waals surface area contributed by atoms with Crippen molar-refractivity contribution in [3.63, 3.8) is 0 Å². The predicted molar refractivity (Wildman–Crippen MR) is 71.4 cm³/mol. The minimum absolute atomic E-state index is 0.408. The van der Waals surface area contributed by atoms with Gasteiger partial charge in [-0.05, 0) is 13.8 Å². The van der Waals surface area contributed by atoms with E-state index in [1.807, 2.05) is 44.2 Å². The summed E-state index contributed by atoms with van der Waals surface area (Å²) in [4.78, 5) is 11.5. The first-order valence-electron chi connectivity index (χ1n) is 5.87. The van der Waals surface area contributed by atoms with Crippen LogP contribution < -0.4 is 5.19 Å². The molecule has 1 aromatic carbocycles. The highest BCUT2D eigenvalue weighted by atomic mass is 28.4. The molecule has 5 heteroatoms. The SMILES string of the molecule is C=CC(=O)O[Si](OCC)(OCC)c1ccccc1. The molecule has 0 amide bonds. The minimum Gasteiger partial charge on any atom is -0.467 e. The number of hydrogen-bond donors (Lipinski definition) is 0. The summed E-state index contributed by atoms with van der Waals surface area (Å²) in [5.74, 6) is -0.535. The van der Waals surface area contributed by atoms with Gasteiger partial charge in [0, 0.05) is 24.5 Å². The number of hydrogen-bond acceptors (Lipinski definition) is 4. The van der Waals surface area contributed by atoms with Crippen LogP contribution >= 0.6 is 0 Å². The highest BCUT2D eigenvalue weighted by Crippen LogP contribution is 2.11. The molecule has 0 radical (unpaired) electrons. The molecule has 0 aromatic heterocycles.